The standard InChI is InChI=1S/C16H15N5O7S/c17-20-21-19-14-6-13(2-1-10(14)8-22)29(27,28)18-7-9-3-11(15(23)24)5-12(4-9)16(25)26/h1-8,19-21H,17H2,(H,23,24)(H,25,26)/b18-7+. The predicted octanol–water partition coefficient (Wildman–Crippen LogP) is -0.00190. The number of carbonyl (C=O) groups excluding carboxylic acids is 1. The molecule has 0 bridgehead atoms. The van der Waals surface area contributed by atoms with Gasteiger partial charge in [0.15, 0.2) is 6.29 Å². The van der Waals surface area contributed by atoms with Crippen molar-refractivity contribution in [3.05, 3.63) is 58.7 Å². The number of nitrogens with one attached hydrogen (secondary N) is 3. The Morgan fingerprint density at radius 3 is 2.17 bits per heavy atom. The highest BCUT2D eigenvalue weighted by Crippen LogP contribution is 2.21. The minimum absolute atomic E-state index is 0.0391. The molecule has 0 fully saturated rings. The van der Waals surface area contributed by atoms with Gasteiger partial charge in [-0.15, -0.1) is 0 Å². The van der Waals surface area contributed by atoms with Crippen molar-refractivity contribution < 1.29 is 33.0 Å². The largest absolute Gasteiger partial charge is 0.478 e. The van der Waals surface area contributed by atoms with Gasteiger partial charge in [-0.3, -0.25) is 10.6 Å². The van der Waals surface area contributed by atoms with E-state index in [1.165, 1.54) is 6.07 Å². The topological polar surface area (TPSA) is 200 Å². The molecule has 0 unspecified atom stereocenters. The molecule has 0 atom stereocenters. The second kappa shape index (κ2) is 9.03. The quantitative estimate of drug-likeness (QED) is 0.138. The fourth-order valence-electron chi connectivity index (χ4n) is 2.17. The maximum absolute atomic E-state index is 12.5. The van der Waals surface area contributed by atoms with Crippen LogP contribution in [0.15, 0.2) is 45.7 Å². The molecular weight excluding hydrogens is 406 g/mol. The number of aldehydes is 1. The lowest BCUT2D eigenvalue weighted by Gasteiger charge is -2.10. The summed E-state index contributed by atoms with van der Waals surface area (Å²) in [6, 6.07) is 6.60. The van der Waals surface area contributed by atoms with Crippen LogP contribution in [-0.2, 0) is 10.0 Å². The van der Waals surface area contributed by atoms with Crippen LogP contribution < -0.4 is 22.3 Å². The highest BCUT2D eigenvalue weighted by atomic mass is 32.2. The van der Waals surface area contributed by atoms with E-state index < -0.39 is 22.0 Å². The lowest BCUT2D eigenvalue weighted by Crippen LogP contribution is -2.41. The molecule has 2 aromatic rings. The van der Waals surface area contributed by atoms with Gasteiger partial charge in [0.1, 0.15) is 0 Å². The molecule has 152 valence electrons. The molecular formula is C16H15N5O7S. The van der Waals surface area contributed by atoms with E-state index in [0.29, 0.717) is 6.29 Å². The highest BCUT2D eigenvalue weighted by Gasteiger charge is 2.16. The lowest BCUT2D eigenvalue weighted by atomic mass is 10.1. The first-order valence-corrected chi connectivity index (χ1v) is 9.10. The van der Waals surface area contributed by atoms with Crippen molar-refractivity contribution >= 4 is 40.2 Å². The minimum atomic E-state index is -4.26. The van der Waals surface area contributed by atoms with Gasteiger partial charge in [-0.1, -0.05) is 0 Å². The van der Waals surface area contributed by atoms with Gasteiger partial charge in [0.2, 0.25) is 0 Å². The van der Waals surface area contributed by atoms with Crippen LogP contribution in [0.4, 0.5) is 5.69 Å². The third-order valence-electron chi connectivity index (χ3n) is 3.51. The van der Waals surface area contributed by atoms with E-state index in [4.69, 9.17) is 16.1 Å². The van der Waals surface area contributed by atoms with Gasteiger partial charge in [0, 0.05) is 11.8 Å². The predicted molar refractivity (Wildman–Crippen MR) is 101 cm³/mol. The summed E-state index contributed by atoms with van der Waals surface area (Å²) >= 11 is 0. The third-order valence-corrected chi connectivity index (χ3v) is 4.74. The Morgan fingerprint density at radius 2 is 1.66 bits per heavy atom. The van der Waals surface area contributed by atoms with Gasteiger partial charge < -0.3 is 15.6 Å². The van der Waals surface area contributed by atoms with Gasteiger partial charge >= 0.3 is 11.9 Å². The Morgan fingerprint density at radius 1 is 1.03 bits per heavy atom. The number of hydrogen-bond acceptors (Lipinski definition) is 9. The molecule has 0 aliphatic heterocycles. The fraction of sp³-hybridized carbons (Fsp3) is 0. The SMILES string of the molecule is NNNNc1cc(S(=O)(=O)/N=C/c2cc(C(=O)O)cc(C(=O)O)c2)ccc1C=O. The summed E-state index contributed by atoms with van der Waals surface area (Å²) < 4.78 is 28.4. The zero-order valence-corrected chi connectivity index (χ0v) is 15.3. The molecule has 0 aliphatic rings. The molecule has 0 amide bonds. The van der Waals surface area contributed by atoms with E-state index in [1.807, 2.05) is 5.53 Å². The number of hydrazine groups is 3. The maximum atomic E-state index is 12.5. The van der Waals surface area contributed by atoms with E-state index in [9.17, 15) is 22.8 Å². The van der Waals surface area contributed by atoms with E-state index in [2.05, 4.69) is 15.4 Å². The number of sulfonamides is 1. The van der Waals surface area contributed by atoms with E-state index in [-0.39, 0.29) is 32.8 Å². The van der Waals surface area contributed by atoms with Crippen molar-refractivity contribution in [1.82, 2.24) is 11.1 Å². The summed E-state index contributed by atoms with van der Waals surface area (Å²) in [4.78, 5) is 33.0. The summed E-state index contributed by atoms with van der Waals surface area (Å²) in [6.07, 6.45) is 1.32. The van der Waals surface area contributed by atoms with Gasteiger partial charge in [-0.05, 0) is 42.0 Å². The zero-order valence-electron chi connectivity index (χ0n) is 14.5. The van der Waals surface area contributed by atoms with E-state index >= 15 is 0 Å². The maximum Gasteiger partial charge on any atom is 0.335 e. The van der Waals surface area contributed by atoms with Crippen LogP contribution in [0.1, 0.15) is 36.6 Å². The molecule has 2 aromatic carbocycles. The summed E-state index contributed by atoms with van der Waals surface area (Å²) in [5.74, 6) is 2.27. The van der Waals surface area contributed by atoms with Crippen molar-refractivity contribution in [3.8, 4) is 0 Å². The average molecular weight is 421 g/mol. The van der Waals surface area contributed by atoms with Crippen LogP contribution in [0.2, 0.25) is 0 Å². The Bertz CT molecular complexity index is 1070. The first-order valence-electron chi connectivity index (χ1n) is 7.66. The summed E-state index contributed by atoms with van der Waals surface area (Å²) in [5, 5.41) is 18.1. The summed E-state index contributed by atoms with van der Waals surface area (Å²) in [5.41, 5.74) is 6.31. The number of benzene rings is 2. The monoisotopic (exact) mass is 421 g/mol. The van der Waals surface area contributed by atoms with Crippen LogP contribution in [0.3, 0.4) is 0 Å². The number of anilines is 1. The van der Waals surface area contributed by atoms with Crippen molar-refractivity contribution in [1.29, 1.82) is 0 Å². The number of carboxylic acids is 2. The zero-order chi connectivity index (χ0) is 21.6. The molecule has 13 heteroatoms. The van der Waals surface area contributed by atoms with Crippen molar-refractivity contribution in [3.63, 3.8) is 0 Å². The van der Waals surface area contributed by atoms with Crippen LogP contribution >= 0.6 is 0 Å². The van der Waals surface area contributed by atoms with Gasteiger partial charge in [-0.2, -0.15) is 23.9 Å². The Balaban J connectivity index is 2.43. The summed E-state index contributed by atoms with van der Waals surface area (Å²) in [7, 11) is -4.26. The van der Waals surface area contributed by atoms with Gasteiger partial charge in [0.25, 0.3) is 10.0 Å². The molecule has 0 aliphatic carbocycles. The number of aromatic carboxylic acids is 2. The van der Waals surface area contributed by atoms with E-state index in [1.54, 1.807) is 0 Å². The molecule has 29 heavy (non-hydrogen) atoms. The van der Waals surface area contributed by atoms with Gasteiger partial charge in [-0.25, -0.2) is 9.59 Å². The van der Waals surface area contributed by atoms with Crippen molar-refractivity contribution in [2.75, 3.05) is 5.43 Å². The molecule has 0 saturated heterocycles. The number of nitrogens with zero attached hydrogens (tertiary/aromatic N) is 1. The van der Waals surface area contributed by atoms with Crippen LogP contribution in [0.25, 0.3) is 0 Å². The summed E-state index contributed by atoms with van der Waals surface area (Å²) in [6.45, 7) is 0. The smallest absolute Gasteiger partial charge is 0.335 e. The fourth-order valence-corrected chi connectivity index (χ4v) is 3.06. The highest BCUT2D eigenvalue weighted by molar-refractivity contribution is 7.90. The Labute approximate surface area is 164 Å². The van der Waals surface area contributed by atoms with Crippen molar-refractivity contribution in [2.45, 2.75) is 4.90 Å². The molecule has 2 rings (SSSR count). The number of carboxylic acid groups (broad SMARTS) is 2. The number of rotatable bonds is 9. The Hall–Kier alpha value is -3.65. The second-order valence-electron chi connectivity index (χ2n) is 5.42. The number of nitrogens with two attached hydrogens (primary N) is 1. The second-order valence-corrected chi connectivity index (χ2v) is 7.06. The first-order chi connectivity index (χ1) is 13.7. The van der Waals surface area contributed by atoms with Gasteiger partial charge in [0.05, 0.1) is 21.7 Å². The number of hydrogen-bond donors (Lipinski definition) is 6. The minimum Gasteiger partial charge on any atom is -0.478 e. The third kappa shape index (κ3) is 5.43. The Kier molecular flexibility index (Phi) is 6.74. The van der Waals surface area contributed by atoms with Crippen LogP contribution in [0.5, 0.6) is 0 Å². The molecule has 0 aromatic heterocycles. The molecule has 0 saturated carbocycles. The molecule has 7 N–H and O–H groups in total. The average Bonchev–Trinajstić information content (AvgIpc) is 2.70. The van der Waals surface area contributed by atoms with Crippen LogP contribution in [0, 0.1) is 0 Å². The number of carbonyl (C=O) groups is 3. The lowest BCUT2D eigenvalue weighted by molar-refractivity contribution is 0.0696. The van der Waals surface area contributed by atoms with Crippen molar-refractivity contribution in [2.24, 2.45) is 10.2 Å². The van der Waals surface area contributed by atoms with E-state index in [0.717, 1.165) is 36.5 Å². The first kappa shape index (κ1) is 21.6. The molecule has 12 nitrogen and oxygen atoms in total. The molecule has 0 radical (unpaired) electrons. The van der Waals surface area contributed by atoms with Crippen LogP contribution in [-0.4, -0.2) is 43.1 Å². The molecule has 0 heterocycles. The molecule has 0 spiro atoms. The normalized spacial score (nSPS) is 11.3.